The molecule has 0 fully saturated rings. The molecule has 7 nitrogen and oxygen atoms in total. The SMILES string of the molecule is COc1ccc(COCC[C@H](O)[C@H](O)C(OC(=O)c2ccccc2)/C(F)=C\C[C@@H](C)O[Si](c2ccccc2)(c2ccccc2)C(C)(C)C)cc1. The smallest absolute Gasteiger partial charge is 0.338 e. The van der Waals surface area contributed by atoms with Crippen LogP contribution in [0.1, 0.15) is 56.5 Å². The number of hydrogen-bond donors (Lipinski definition) is 2. The number of carbonyl (C=O) groups excluding carboxylic acids is 1. The molecular formula is C41H49FO7Si. The highest BCUT2D eigenvalue weighted by Crippen LogP contribution is 2.38. The zero-order valence-corrected chi connectivity index (χ0v) is 30.5. The minimum Gasteiger partial charge on any atom is -0.497 e. The first-order valence-corrected chi connectivity index (χ1v) is 18.8. The van der Waals surface area contributed by atoms with E-state index in [-0.39, 0.29) is 36.7 Å². The molecule has 4 aromatic rings. The highest BCUT2D eigenvalue weighted by molar-refractivity contribution is 6.99. The number of hydrogen-bond acceptors (Lipinski definition) is 7. The minimum atomic E-state index is -2.92. The average Bonchev–Trinajstić information content (AvgIpc) is 3.13. The fraction of sp³-hybridized carbons (Fsp3) is 0.341. The molecule has 4 rings (SSSR count). The van der Waals surface area contributed by atoms with Gasteiger partial charge in [-0.2, -0.15) is 0 Å². The molecule has 0 aliphatic rings. The van der Waals surface area contributed by atoms with Crippen molar-refractivity contribution >= 4 is 24.7 Å². The standard InChI is InChI=1S/C41H49FO7Si/c1-30(49-50(41(2,3)4,34-17-11-7-12-18-34)35-19-13-8-14-20-35)21-26-36(42)39(48-40(45)32-15-9-6-10-16-32)38(44)37(43)27-28-47-29-31-22-24-33(46-5)25-23-31/h6-20,22-26,30,37-39,43-44H,21,27-29H2,1-5H3/b36-26+/t30-,37+,38+,39?/m1/s1. The van der Waals surface area contributed by atoms with Crippen molar-refractivity contribution in [2.24, 2.45) is 0 Å². The monoisotopic (exact) mass is 700 g/mol. The Morgan fingerprint density at radius 2 is 1.38 bits per heavy atom. The van der Waals surface area contributed by atoms with Gasteiger partial charge in [-0.3, -0.25) is 0 Å². The molecule has 0 bridgehead atoms. The number of benzene rings is 4. The predicted molar refractivity (Wildman–Crippen MR) is 197 cm³/mol. The lowest BCUT2D eigenvalue weighted by atomic mass is 10.0. The average molecular weight is 701 g/mol. The van der Waals surface area contributed by atoms with Crippen LogP contribution in [0.3, 0.4) is 0 Å². The van der Waals surface area contributed by atoms with Crippen LogP contribution in [0.5, 0.6) is 5.75 Å². The van der Waals surface area contributed by atoms with Crippen molar-refractivity contribution < 1.29 is 38.0 Å². The number of halogens is 1. The summed E-state index contributed by atoms with van der Waals surface area (Å²) in [4.78, 5) is 13.0. The van der Waals surface area contributed by atoms with E-state index < -0.39 is 44.5 Å². The molecule has 0 radical (unpaired) electrons. The van der Waals surface area contributed by atoms with Crippen molar-refractivity contribution in [2.75, 3.05) is 13.7 Å². The molecule has 0 saturated heterocycles. The molecule has 2 N–H and O–H groups in total. The molecule has 0 amide bonds. The molecule has 0 heterocycles. The van der Waals surface area contributed by atoms with E-state index in [9.17, 15) is 15.0 Å². The summed E-state index contributed by atoms with van der Waals surface area (Å²) in [6, 6.07) is 35.8. The number of aliphatic hydroxyl groups excluding tert-OH is 2. The molecular weight excluding hydrogens is 652 g/mol. The zero-order valence-electron chi connectivity index (χ0n) is 29.5. The van der Waals surface area contributed by atoms with Gasteiger partial charge in [0, 0.05) is 12.7 Å². The van der Waals surface area contributed by atoms with Gasteiger partial charge in [0.15, 0.2) is 6.10 Å². The van der Waals surface area contributed by atoms with Gasteiger partial charge >= 0.3 is 5.97 Å². The Bertz CT molecular complexity index is 1590. The Balaban J connectivity index is 1.52. The molecule has 0 saturated carbocycles. The molecule has 9 heteroatoms. The lowest BCUT2D eigenvalue weighted by Gasteiger charge is -2.44. The number of ether oxygens (including phenoxy) is 3. The van der Waals surface area contributed by atoms with E-state index in [2.05, 4.69) is 45.0 Å². The highest BCUT2D eigenvalue weighted by atomic mass is 28.4. The predicted octanol–water partition coefficient (Wildman–Crippen LogP) is 6.76. The molecule has 4 aromatic carbocycles. The van der Waals surface area contributed by atoms with E-state index in [1.165, 1.54) is 18.2 Å². The summed E-state index contributed by atoms with van der Waals surface area (Å²) < 4.78 is 39.6. The summed E-state index contributed by atoms with van der Waals surface area (Å²) in [5.41, 5.74) is 1.09. The second-order valence-electron chi connectivity index (χ2n) is 13.4. The Labute approximate surface area is 296 Å². The summed E-state index contributed by atoms with van der Waals surface area (Å²) >= 11 is 0. The van der Waals surface area contributed by atoms with E-state index in [4.69, 9.17) is 18.6 Å². The maximum Gasteiger partial charge on any atom is 0.338 e. The van der Waals surface area contributed by atoms with Crippen molar-refractivity contribution in [2.45, 2.75) is 76.6 Å². The zero-order chi connectivity index (χ0) is 36.1. The Hall–Kier alpha value is -4.12. The van der Waals surface area contributed by atoms with Crippen LogP contribution in [0.25, 0.3) is 0 Å². The van der Waals surface area contributed by atoms with Crippen LogP contribution in [-0.2, 0) is 20.5 Å². The molecule has 266 valence electrons. The third-order valence-corrected chi connectivity index (χ3v) is 13.8. The maximum atomic E-state index is 16.1. The lowest BCUT2D eigenvalue weighted by Crippen LogP contribution is -2.67. The lowest BCUT2D eigenvalue weighted by molar-refractivity contribution is -0.0722. The van der Waals surface area contributed by atoms with Gasteiger partial charge in [0.05, 0.1) is 25.4 Å². The largest absolute Gasteiger partial charge is 0.497 e. The van der Waals surface area contributed by atoms with Crippen LogP contribution in [0.15, 0.2) is 127 Å². The van der Waals surface area contributed by atoms with E-state index in [0.29, 0.717) is 0 Å². The number of esters is 1. The van der Waals surface area contributed by atoms with Crippen LogP contribution in [-0.4, -0.2) is 62.6 Å². The van der Waals surface area contributed by atoms with Crippen LogP contribution < -0.4 is 15.1 Å². The van der Waals surface area contributed by atoms with Gasteiger partial charge < -0.3 is 28.8 Å². The molecule has 0 spiro atoms. The first kappa shape index (κ1) is 38.7. The second-order valence-corrected chi connectivity index (χ2v) is 17.6. The van der Waals surface area contributed by atoms with Gasteiger partial charge in [0.25, 0.3) is 8.32 Å². The van der Waals surface area contributed by atoms with Gasteiger partial charge in [0.1, 0.15) is 17.7 Å². The highest BCUT2D eigenvalue weighted by Gasteiger charge is 2.51. The van der Waals surface area contributed by atoms with Crippen LogP contribution in [0.4, 0.5) is 4.39 Å². The van der Waals surface area contributed by atoms with Crippen LogP contribution in [0.2, 0.25) is 5.04 Å². The number of carbonyl (C=O) groups is 1. The molecule has 4 atom stereocenters. The van der Waals surface area contributed by atoms with Gasteiger partial charge in [0.2, 0.25) is 0 Å². The molecule has 1 unspecified atom stereocenters. The first-order chi connectivity index (χ1) is 24.0. The summed E-state index contributed by atoms with van der Waals surface area (Å²) in [6.45, 7) is 8.74. The third kappa shape index (κ3) is 9.99. The fourth-order valence-electron chi connectivity index (χ4n) is 5.97. The van der Waals surface area contributed by atoms with Crippen LogP contribution in [0, 0.1) is 0 Å². The van der Waals surface area contributed by atoms with E-state index in [1.54, 1.807) is 25.3 Å². The van der Waals surface area contributed by atoms with E-state index in [0.717, 1.165) is 21.7 Å². The summed E-state index contributed by atoms with van der Waals surface area (Å²) in [5, 5.41) is 24.0. The summed E-state index contributed by atoms with van der Waals surface area (Å²) in [7, 11) is -1.33. The second kappa shape index (κ2) is 18.2. The van der Waals surface area contributed by atoms with Crippen molar-refractivity contribution in [3.63, 3.8) is 0 Å². The quantitative estimate of drug-likeness (QED) is 0.0715. The van der Waals surface area contributed by atoms with Crippen molar-refractivity contribution in [1.29, 1.82) is 0 Å². The summed E-state index contributed by atoms with van der Waals surface area (Å²) in [6.07, 6.45) is -4.01. The van der Waals surface area contributed by atoms with Crippen molar-refractivity contribution in [1.82, 2.24) is 0 Å². The molecule has 50 heavy (non-hydrogen) atoms. The van der Waals surface area contributed by atoms with Gasteiger partial charge in [-0.25, -0.2) is 9.18 Å². The Morgan fingerprint density at radius 1 is 0.840 bits per heavy atom. The topological polar surface area (TPSA) is 94.5 Å². The van der Waals surface area contributed by atoms with E-state index >= 15 is 4.39 Å². The molecule has 0 aliphatic heterocycles. The normalized spacial score (nSPS) is 14.8. The van der Waals surface area contributed by atoms with Crippen molar-refractivity contribution in [3.8, 4) is 5.75 Å². The first-order valence-electron chi connectivity index (χ1n) is 16.9. The number of rotatable bonds is 17. The van der Waals surface area contributed by atoms with Crippen molar-refractivity contribution in [3.05, 3.63) is 138 Å². The fourth-order valence-corrected chi connectivity index (χ4v) is 10.7. The van der Waals surface area contributed by atoms with Gasteiger partial charge in [-0.1, -0.05) is 112 Å². The Morgan fingerprint density at radius 3 is 1.90 bits per heavy atom. The van der Waals surface area contributed by atoms with E-state index in [1.807, 2.05) is 67.6 Å². The van der Waals surface area contributed by atoms with Gasteiger partial charge in [-0.15, -0.1) is 0 Å². The maximum absolute atomic E-state index is 16.1. The number of methoxy groups -OCH3 is 1. The molecule has 0 aromatic heterocycles. The number of aliphatic hydroxyl groups is 2. The third-order valence-electron chi connectivity index (χ3n) is 8.65. The Kier molecular flexibility index (Phi) is 14.1. The minimum absolute atomic E-state index is 0.0165. The molecule has 0 aliphatic carbocycles. The van der Waals surface area contributed by atoms with Crippen LogP contribution >= 0.6 is 0 Å². The van der Waals surface area contributed by atoms with Gasteiger partial charge in [-0.05, 0) is 71.1 Å². The summed E-state index contributed by atoms with van der Waals surface area (Å²) in [5.74, 6) is -0.974.